The largest absolute Gasteiger partial charge is 0.380 e. The molecule has 1 aliphatic heterocycles. The Morgan fingerprint density at radius 2 is 2.10 bits per heavy atom. The van der Waals surface area contributed by atoms with Crippen molar-refractivity contribution in [1.82, 2.24) is 5.32 Å². The van der Waals surface area contributed by atoms with Crippen molar-refractivity contribution in [2.75, 3.05) is 13.2 Å². The molecule has 60 valence electrons. The van der Waals surface area contributed by atoms with Gasteiger partial charge in [-0.15, -0.1) is 0 Å². The summed E-state index contributed by atoms with van der Waals surface area (Å²) in [5.41, 5.74) is 0.234. The van der Waals surface area contributed by atoms with E-state index in [0.29, 0.717) is 6.04 Å². The first-order valence-corrected chi connectivity index (χ1v) is 3.93. The third-order valence-corrected chi connectivity index (χ3v) is 1.57. The predicted octanol–water partition coefficient (Wildman–Crippen LogP) is 1.16. The lowest BCUT2D eigenvalue weighted by molar-refractivity contribution is 0.184. The van der Waals surface area contributed by atoms with E-state index in [1.54, 1.807) is 0 Å². The lowest BCUT2D eigenvalue weighted by atomic mass is 10.1. The second-order valence-electron chi connectivity index (χ2n) is 3.95. The Morgan fingerprint density at radius 3 is 2.50 bits per heavy atom. The molecule has 0 aromatic rings. The molecule has 0 spiro atoms. The standard InChI is InChI=1S/C8H17NO/c1-8(2,3)9-7-4-5-10-6-7/h7,9H,4-6H2,1-3H3. The van der Waals surface area contributed by atoms with Gasteiger partial charge in [0.2, 0.25) is 0 Å². The first kappa shape index (κ1) is 8.02. The van der Waals surface area contributed by atoms with Crippen molar-refractivity contribution in [1.29, 1.82) is 0 Å². The van der Waals surface area contributed by atoms with Gasteiger partial charge in [0.15, 0.2) is 0 Å². The van der Waals surface area contributed by atoms with E-state index in [2.05, 4.69) is 26.1 Å². The molecule has 0 saturated carbocycles. The van der Waals surface area contributed by atoms with Crippen LogP contribution < -0.4 is 5.32 Å². The minimum atomic E-state index is 0.234. The van der Waals surface area contributed by atoms with Crippen molar-refractivity contribution in [3.8, 4) is 0 Å². The first-order chi connectivity index (χ1) is 4.58. The van der Waals surface area contributed by atoms with Crippen LogP contribution in [0, 0.1) is 0 Å². The summed E-state index contributed by atoms with van der Waals surface area (Å²) in [6, 6.07) is 0.583. The lowest BCUT2D eigenvalue weighted by Gasteiger charge is -2.24. The Hall–Kier alpha value is -0.0800. The van der Waals surface area contributed by atoms with Gasteiger partial charge in [0.25, 0.3) is 0 Å². The molecule has 1 saturated heterocycles. The molecule has 1 unspecified atom stereocenters. The molecule has 0 aliphatic carbocycles. The zero-order chi connectivity index (χ0) is 7.61. The van der Waals surface area contributed by atoms with Crippen molar-refractivity contribution in [3.63, 3.8) is 0 Å². The van der Waals surface area contributed by atoms with Gasteiger partial charge in [-0.05, 0) is 27.2 Å². The van der Waals surface area contributed by atoms with Crippen molar-refractivity contribution in [2.45, 2.75) is 38.8 Å². The average molecular weight is 143 g/mol. The van der Waals surface area contributed by atoms with E-state index in [1.165, 1.54) is 0 Å². The molecule has 1 aliphatic rings. The van der Waals surface area contributed by atoms with Gasteiger partial charge in [-0.1, -0.05) is 0 Å². The van der Waals surface area contributed by atoms with Crippen LogP contribution in [-0.2, 0) is 4.74 Å². The molecular formula is C8H17NO. The van der Waals surface area contributed by atoms with Crippen LogP contribution in [0.1, 0.15) is 27.2 Å². The van der Waals surface area contributed by atoms with Crippen molar-refractivity contribution in [3.05, 3.63) is 0 Å². The van der Waals surface area contributed by atoms with E-state index in [4.69, 9.17) is 4.74 Å². The topological polar surface area (TPSA) is 21.3 Å². The van der Waals surface area contributed by atoms with E-state index in [0.717, 1.165) is 19.6 Å². The van der Waals surface area contributed by atoms with Crippen LogP contribution in [0.15, 0.2) is 0 Å². The Labute approximate surface area is 63.0 Å². The van der Waals surface area contributed by atoms with E-state index in [-0.39, 0.29) is 5.54 Å². The van der Waals surface area contributed by atoms with Gasteiger partial charge in [-0.25, -0.2) is 0 Å². The summed E-state index contributed by atoms with van der Waals surface area (Å²) in [5, 5.41) is 3.49. The van der Waals surface area contributed by atoms with Crippen molar-refractivity contribution in [2.24, 2.45) is 0 Å². The fraction of sp³-hybridized carbons (Fsp3) is 1.00. The molecule has 1 atom stereocenters. The number of ether oxygens (including phenoxy) is 1. The monoisotopic (exact) mass is 143 g/mol. The van der Waals surface area contributed by atoms with Crippen LogP contribution in [0.5, 0.6) is 0 Å². The second kappa shape index (κ2) is 2.89. The Balaban J connectivity index is 2.24. The fourth-order valence-electron chi connectivity index (χ4n) is 1.26. The van der Waals surface area contributed by atoms with Crippen LogP contribution in [0.3, 0.4) is 0 Å². The fourth-order valence-corrected chi connectivity index (χ4v) is 1.26. The first-order valence-electron chi connectivity index (χ1n) is 3.93. The predicted molar refractivity (Wildman–Crippen MR) is 42.1 cm³/mol. The van der Waals surface area contributed by atoms with E-state index in [1.807, 2.05) is 0 Å². The smallest absolute Gasteiger partial charge is 0.0620 e. The van der Waals surface area contributed by atoms with Gasteiger partial charge in [-0.2, -0.15) is 0 Å². The maximum Gasteiger partial charge on any atom is 0.0620 e. The van der Waals surface area contributed by atoms with Crippen molar-refractivity contribution < 1.29 is 4.74 Å². The Bertz CT molecular complexity index is 100. The average Bonchev–Trinajstić information content (AvgIpc) is 2.12. The van der Waals surface area contributed by atoms with Gasteiger partial charge in [0.05, 0.1) is 6.61 Å². The zero-order valence-corrected chi connectivity index (χ0v) is 7.11. The molecule has 1 fully saturated rings. The summed E-state index contributed by atoms with van der Waals surface area (Å²) in [7, 11) is 0. The molecule has 0 aromatic carbocycles. The highest BCUT2D eigenvalue weighted by atomic mass is 16.5. The highest BCUT2D eigenvalue weighted by Crippen LogP contribution is 2.08. The molecule has 0 bridgehead atoms. The number of hydrogen-bond acceptors (Lipinski definition) is 2. The quantitative estimate of drug-likeness (QED) is 0.595. The summed E-state index contributed by atoms with van der Waals surface area (Å²) in [4.78, 5) is 0. The lowest BCUT2D eigenvalue weighted by Crippen LogP contribution is -2.43. The third kappa shape index (κ3) is 2.67. The van der Waals surface area contributed by atoms with Gasteiger partial charge in [-0.3, -0.25) is 0 Å². The number of hydrogen-bond donors (Lipinski definition) is 1. The maximum atomic E-state index is 5.24. The van der Waals surface area contributed by atoms with Crippen LogP contribution in [0.25, 0.3) is 0 Å². The van der Waals surface area contributed by atoms with Crippen molar-refractivity contribution >= 4 is 0 Å². The molecule has 1 rings (SSSR count). The molecule has 1 N–H and O–H groups in total. The number of nitrogens with one attached hydrogen (secondary N) is 1. The highest BCUT2D eigenvalue weighted by molar-refractivity contribution is 4.79. The van der Waals surface area contributed by atoms with E-state index < -0.39 is 0 Å². The van der Waals surface area contributed by atoms with E-state index in [9.17, 15) is 0 Å². The summed E-state index contributed by atoms with van der Waals surface area (Å²) < 4.78 is 5.24. The maximum absolute atomic E-state index is 5.24. The van der Waals surface area contributed by atoms with Crippen LogP contribution >= 0.6 is 0 Å². The van der Waals surface area contributed by atoms with Gasteiger partial charge in [0, 0.05) is 18.2 Å². The molecule has 10 heavy (non-hydrogen) atoms. The molecule has 1 heterocycles. The Kier molecular flexibility index (Phi) is 2.32. The minimum Gasteiger partial charge on any atom is -0.380 e. The summed E-state index contributed by atoms with van der Waals surface area (Å²) >= 11 is 0. The van der Waals surface area contributed by atoms with Crippen LogP contribution in [-0.4, -0.2) is 24.8 Å². The summed E-state index contributed by atoms with van der Waals surface area (Å²) in [5.74, 6) is 0. The highest BCUT2D eigenvalue weighted by Gasteiger charge is 2.20. The molecular weight excluding hydrogens is 126 g/mol. The second-order valence-corrected chi connectivity index (χ2v) is 3.95. The van der Waals surface area contributed by atoms with Gasteiger partial charge >= 0.3 is 0 Å². The Morgan fingerprint density at radius 1 is 1.40 bits per heavy atom. The van der Waals surface area contributed by atoms with Crippen LogP contribution in [0.2, 0.25) is 0 Å². The third-order valence-electron chi connectivity index (χ3n) is 1.57. The molecule has 2 nitrogen and oxygen atoms in total. The van der Waals surface area contributed by atoms with E-state index >= 15 is 0 Å². The summed E-state index contributed by atoms with van der Waals surface area (Å²) in [6.07, 6.45) is 1.16. The molecule has 0 radical (unpaired) electrons. The normalized spacial score (nSPS) is 27.3. The molecule has 2 heteroatoms. The molecule has 0 aromatic heterocycles. The zero-order valence-electron chi connectivity index (χ0n) is 7.11. The summed E-state index contributed by atoms with van der Waals surface area (Å²) in [6.45, 7) is 8.37. The van der Waals surface area contributed by atoms with Gasteiger partial charge < -0.3 is 10.1 Å². The van der Waals surface area contributed by atoms with Crippen LogP contribution in [0.4, 0.5) is 0 Å². The molecule has 0 amide bonds. The SMILES string of the molecule is CC(C)(C)NC1CCOC1. The number of rotatable bonds is 1. The van der Waals surface area contributed by atoms with Gasteiger partial charge in [0.1, 0.15) is 0 Å². The minimum absolute atomic E-state index is 0.234.